The van der Waals surface area contributed by atoms with E-state index in [1.54, 1.807) is 0 Å². The van der Waals surface area contributed by atoms with Crippen LogP contribution in [0.15, 0.2) is 243 Å². The molecular weight excluding hydrogens is 1220 g/mol. The van der Waals surface area contributed by atoms with Crippen LogP contribution in [0.25, 0.3) is 132 Å². The van der Waals surface area contributed by atoms with Crippen molar-refractivity contribution in [1.29, 1.82) is 0 Å². The van der Waals surface area contributed by atoms with Crippen LogP contribution in [0.1, 0.15) is 116 Å². The fourth-order valence-electron chi connectivity index (χ4n) is 18.3. The van der Waals surface area contributed by atoms with Crippen LogP contribution in [0.2, 0.25) is 0 Å². The van der Waals surface area contributed by atoms with Gasteiger partial charge >= 0.3 is 20.4 Å². The smallest absolute Gasteiger partial charge is 0.656 e. The van der Waals surface area contributed by atoms with Crippen molar-refractivity contribution in [3.63, 3.8) is 0 Å². The van der Waals surface area contributed by atoms with E-state index in [4.69, 9.17) is 19.9 Å². The van der Waals surface area contributed by atoms with E-state index >= 15 is 0 Å². The van der Waals surface area contributed by atoms with Crippen molar-refractivity contribution in [2.75, 3.05) is 0 Å². The maximum atomic E-state index is 6.51. The van der Waals surface area contributed by atoms with E-state index in [0.717, 1.165) is 140 Å². The number of fused-ring (bicyclic) bond motifs is 8. The van der Waals surface area contributed by atoms with Gasteiger partial charge in [0.2, 0.25) is 0 Å². The topological polar surface area (TPSA) is 54.0 Å². The fourth-order valence-corrected chi connectivity index (χ4v) is 18.3. The molecular formula is C88H60N4Pd. The molecule has 2 aromatic heterocycles. The quantitative estimate of drug-likeness (QED) is 0.165. The number of rotatable bonds is 4. The van der Waals surface area contributed by atoms with Crippen LogP contribution in [0.3, 0.4) is 0 Å². The summed E-state index contributed by atoms with van der Waals surface area (Å²) < 4.78 is 0. The Balaban J connectivity index is 0.00000597. The number of benzene rings is 12. The van der Waals surface area contributed by atoms with Crippen LogP contribution in [0.4, 0.5) is 0 Å². The summed E-state index contributed by atoms with van der Waals surface area (Å²) in [4.78, 5) is 26.0. The normalized spacial score (nSPS) is 17.5. The van der Waals surface area contributed by atoms with E-state index in [1.807, 2.05) is 0 Å². The van der Waals surface area contributed by atoms with Crippen molar-refractivity contribution in [2.24, 2.45) is 0 Å². The van der Waals surface area contributed by atoms with E-state index < -0.39 is 0 Å². The molecule has 5 aliphatic carbocycles. The number of hydrogen-bond acceptors (Lipinski definition) is 2. The standard InChI is InChI=1S/C88H60N4.Pd/c1-2-22-54-42-70-69(41-53(54)21-1)81-77(65-37-33-49-17-9-13-29-61(49)65)83-71-43-55-23-3-4-24-56(55)44-72(71)85(90-83)79(67-39-35-51-19-11-15-31-63(51)67)87-75-47-59-27-7-8-28-60(59)48-76(75)88(92-87)80(68-40-36-52-20-12-16-32-64(52)68)86-74-46-58-26-6-5-25-57(58)45-73(74)84(91-86)78(82(70)89-81)66-38-34-50-18-10-14-30-62(50)66;/h1-32,41-48,65-68H,33-40H2;/q-2;+2. The van der Waals surface area contributed by atoms with Gasteiger partial charge in [-0.05, 0) is 231 Å². The molecule has 0 saturated heterocycles. The van der Waals surface area contributed by atoms with Crippen LogP contribution in [-0.4, -0.2) is 9.97 Å². The van der Waals surface area contributed by atoms with Crippen molar-refractivity contribution in [3.8, 4) is 45.0 Å². The molecule has 0 amide bonds. The summed E-state index contributed by atoms with van der Waals surface area (Å²) in [7, 11) is 0. The first-order valence-corrected chi connectivity index (χ1v) is 33.4. The van der Waals surface area contributed by atoms with Crippen LogP contribution in [0.5, 0.6) is 0 Å². The molecule has 442 valence electrons. The molecule has 0 saturated carbocycles. The molecule has 0 radical (unpaired) electrons. The van der Waals surface area contributed by atoms with Crippen LogP contribution >= 0.6 is 0 Å². The minimum Gasteiger partial charge on any atom is -0.656 e. The maximum absolute atomic E-state index is 6.51. The minimum atomic E-state index is 0. The van der Waals surface area contributed by atoms with Gasteiger partial charge in [0, 0.05) is 45.9 Å². The summed E-state index contributed by atoms with van der Waals surface area (Å²) in [5.41, 5.74) is 28.7. The van der Waals surface area contributed by atoms with E-state index in [9.17, 15) is 0 Å². The van der Waals surface area contributed by atoms with Gasteiger partial charge < -0.3 is 9.97 Å². The molecule has 8 bridgehead atoms. The summed E-state index contributed by atoms with van der Waals surface area (Å²) in [5.74, 6) is 0.0162. The van der Waals surface area contributed by atoms with Crippen molar-refractivity contribution >= 4 is 86.7 Å². The van der Waals surface area contributed by atoms with E-state index in [1.165, 1.54) is 110 Å². The van der Waals surface area contributed by atoms with Crippen LogP contribution < -0.4 is 9.97 Å². The molecule has 2 aliphatic heterocycles. The average molecular weight is 1280 g/mol. The van der Waals surface area contributed by atoms with Crippen molar-refractivity contribution < 1.29 is 20.4 Å². The Hall–Kier alpha value is -10.0. The molecule has 0 N–H and O–H groups in total. The number of aromatic nitrogens is 4. The first kappa shape index (κ1) is 53.6. The van der Waals surface area contributed by atoms with Gasteiger partial charge in [-0.1, -0.05) is 194 Å². The average Bonchev–Trinajstić information content (AvgIpc) is 1.56. The monoisotopic (exact) mass is 1280 g/mol. The summed E-state index contributed by atoms with van der Waals surface area (Å²) in [5, 5.41) is 14.3. The third-order valence-electron chi connectivity index (χ3n) is 22.4. The van der Waals surface area contributed by atoms with Crippen LogP contribution in [-0.2, 0) is 46.1 Å². The molecule has 21 rings (SSSR count). The molecule has 4 heterocycles. The SMILES string of the molecule is [Pd+2].c1ccc2c(c1)CCC2c1c2nc(c(C3CCc4ccccc43)c3[n-]c(c(C4CCc5ccccc54)c4nc(c(C5CCc6ccccc65)c5[n-]c1c1cc6ccccc6cc51)-c1cc5ccccc5cc1-4)c1cc4ccccc4cc31)-c1cc3ccccc3cc1-2. The summed E-state index contributed by atoms with van der Waals surface area (Å²) in [6, 6.07) is 92.6. The predicted molar refractivity (Wildman–Crippen MR) is 379 cm³/mol. The Morgan fingerprint density at radius 2 is 0.452 bits per heavy atom. The molecule has 93 heavy (non-hydrogen) atoms. The Kier molecular flexibility index (Phi) is 11.8. The van der Waals surface area contributed by atoms with Crippen molar-refractivity contribution in [2.45, 2.75) is 75.0 Å². The van der Waals surface area contributed by atoms with E-state index in [0.29, 0.717) is 0 Å². The molecule has 4 nitrogen and oxygen atoms in total. The molecule has 7 aliphatic rings. The molecule has 0 spiro atoms. The number of aryl methyl sites for hydroxylation is 4. The van der Waals surface area contributed by atoms with Gasteiger partial charge in [0.05, 0.1) is 22.8 Å². The minimum absolute atomic E-state index is 0. The molecule has 4 unspecified atom stereocenters. The van der Waals surface area contributed by atoms with Gasteiger partial charge in [0.15, 0.2) is 0 Å². The Morgan fingerprint density at radius 1 is 0.247 bits per heavy atom. The van der Waals surface area contributed by atoms with E-state index in [2.05, 4.69) is 243 Å². The van der Waals surface area contributed by atoms with Crippen LogP contribution in [0, 0.1) is 0 Å². The zero-order valence-electron chi connectivity index (χ0n) is 51.2. The molecule has 12 aromatic carbocycles. The summed E-state index contributed by atoms with van der Waals surface area (Å²) in [6.07, 6.45) is 7.69. The Morgan fingerprint density at radius 3 is 0.688 bits per heavy atom. The Labute approximate surface area is 552 Å². The van der Waals surface area contributed by atoms with E-state index in [-0.39, 0.29) is 44.1 Å². The van der Waals surface area contributed by atoms with Gasteiger partial charge in [0.1, 0.15) is 0 Å². The number of hydrogen-bond donors (Lipinski definition) is 0. The summed E-state index contributed by atoms with van der Waals surface area (Å²) >= 11 is 0. The van der Waals surface area contributed by atoms with Crippen molar-refractivity contribution in [3.05, 3.63) is 309 Å². The predicted octanol–water partition coefficient (Wildman–Crippen LogP) is 21.5. The maximum Gasteiger partial charge on any atom is 2.00 e. The molecule has 5 heteroatoms. The third-order valence-corrected chi connectivity index (χ3v) is 22.4. The van der Waals surface area contributed by atoms with Crippen molar-refractivity contribution in [1.82, 2.24) is 19.9 Å². The van der Waals surface area contributed by atoms with Gasteiger partial charge in [0.25, 0.3) is 0 Å². The second-order valence-corrected chi connectivity index (χ2v) is 27.0. The zero-order chi connectivity index (χ0) is 59.9. The first-order chi connectivity index (χ1) is 45.6. The van der Waals surface area contributed by atoms with Gasteiger partial charge in [-0.25, -0.2) is 9.97 Å². The van der Waals surface area contributed by atoms with Gasteiger partial charge in [-0.2, -0.15) is 0 Å². The van der Waals surface area contributed by atoms with Gasteiger partial charge in [-0.3, -0.25) is 0 Å². The van der Waals surface area contributed by atoms with Gasteiger partial charge in [-0.15, -0.1) is 22.1 Å². The second kappa shape index (κ2) is 20.5. The Bertz CT molecular complexity index is 5250. The molecule has 4 atom stereocenters. The first-order valence-electron chi connectivity index (χ1n) is 33.4. The third kappa shape index (κ3) is 7.88. The molecule has 14 aromatic rings. The fraction of sp³-hybridized carbons (Fsp3) is 0.136. The summed E-state index contributed by atoms with van der Waals surface area (Å²) in [6.45, 7) is 0. The second-order valence-electron chi connectivity index (χ2n) is 27.0. The molecule has 0 fully saturated rings. The number of nitrogens with zero attached hydrogens (tertiary/aromatic N) is 4. The largest absolute Gasteiger partial charge is 2.00 e. The zero-order valence-corrected chi connectivity index (χ0v) is 52.7.